The number of aliphatic hydroxyl groups is 1. The van der Waals surface area contributed by atoms with Crippen molar-refractivity contribution in [1.82, 2.24) is 4.90 Å². The fraction of sp³-hybridized carbons (Fsp3) is 0.579. The van der Waals surface area contributed by atoms with Gasteiger partial charge < -0.3 is 25.8 Å². The number of aliphatic hydroxyl groups excluding tert-OH is 1. The molecule has 142 valence electrons. The highest BCUT2D eigenvalue weighted by molar-refractivity contribution is 5.94. The van der Waals surface area contributed by atoms with Crippen molar-refractivity contribution in [2.24, 2.45) is 5.73 Å². The number of hydrogen-bond acceptors (Lipinski definition) is 5. The summed E-state index contributed by atoms with van der Waals surface area (Å²) in [5.41, 5.74) is 5.89. The molecule has 0 aromatic heterocycles. The molecular formula is C19H27N3O4. The summed E-state index contributed by atoms with van der Waals surface area (Å²) in [6.45, 7) is 3.07. The minimum Gasteiger partial charge on any atom is -0.390 e. The number of ether oxygens (including phenoxy) is 1. The van der Waals surface area contributed by atoms with Gasteiger partial charge in [0.2, 0.25) is 11.8 Å². The first kappa shape index (κ1) is 18.8. The van der Waals surface area contributed by atoms with Crippen LogP contribution in [0.4, 0.5) is 5.69 Å². The molecule has 1 atom stereocenters. The van der Waals surface area contributed by atoms with Gasteiger partial charge in [0.05, 0.1) is 11.7 Å². The lowest BCUT2D eigenvalue weighted by molar-refractivity contribution is -0.176. The number of piperidine rings is 1. The summed E-state index contributed by atoms with van der Waals surface area (Å²) in [5, 5.41) is 13.1. The van der Waals surface area contributed by atoms with Crippen LogP contribution in [0.2, 0.25) is 0 Å². The van der Waals surface area contributed by atoms with Crippen LogP contribution in [0.3, 0.4) is 0 Å². The molecule has 4 N–H and O–H groups in total. The average molecular weight is 361 g/mol. The zero-order valence-electron chi connectivity index (χ0n) is 14.9. The maximum Gasteiger partial charge on any atom is 0.248 e. The summed E-state index contributed by atoms with van der Waals surface area (Å²) < 4.78 is 5.91. The summed E-state index contributed by atoms with van der Waals surface area (Å²) in [6.07, 6.45) is 3.39. The molecule has 3 rings (SSSR count). The summed E-state index contributed by atoms with van der Waals surface area (Å²) in [6, 6.07) is 6.53. The van der Waals surface area contributed by atoms with Gasteiger partial charge in [-0.15, -0.1) is 0 Å². The van der Waals surface area contributed by atoms with Crippen LogP contribution in [0, 0.1) is 0 Å². The topological polar surface area (TPSA) is 105 Å². The van der Waals surface area contributed by atoms with E-state index in [9.17, 15) is 14.7 Å². The van der Waals surface area contributed by atoms with E-state index < -0.39 is 5.91 Å². The first-order valence-electron chi connectivity index (χ1n) is 9.23. The smallest absolute Gasteiger partial charge is 0.248 e. The number of rotatable bonds is 5. The number of nitrogens with one attached hydrogen (secondary N) is 1. The molecule has 2 aliphatic heterocycles. The highest BCUT2D eigenvalue weighted by atomic mass is 16.5. The van der Waals surface area contributed by atoms with Crippen LogP contribution >= 0.6 is 0 Å². The normalized spacial score (nSPS) is 22.9. The molecule has 26 heavy (non-hydrogen) atoms. The van der Waals surface area contributed by atoms with Gasteiger partial charge in [-0.2, -0.15) is 0 Å². The van der Waals surface area contributed by atoms with Crippen LogP contribution < -0.4 is 11.1 Å². The van der Waals surface area contributed by atoms with Crippen LogP contribution in [-0.4, -0.2) is 59.8 Å². The number of carbonyl (C=O) groups excluding carboxylic acids is 2. The lowest BCUT2D eigenvalue weighted by atomic mass is 9.82. The van der Waals surface area contributed by atoms with Gasteiger partial charge in [-0.25, -0.2) is 0 Å². The van der Waals surface area contributed by atoms with Gasteiger partial charge in [-0.1, -0.05) is 0 Å². The molecule has 2 fully saturated rings. The van der Waals surface area contributed by atoms with Crippen LogP contribution in [0.25, 0.3) is 0 Å². The zero-order valence-corrected chi connectivity index (χ0v) is 14.9. The number of benzene rings is 1. The van der Waals surface area contributed by atoms with Gasteiger partial charge in [-0.05, 0) is 49.9 Å². The van der Waals surface area contributed by atoms with Crippen molar-refractivity contribution in [3.8, 4) is 0 Å². The molecule has 2 aliphatic rings. The van der Waals surface area contributed by atoms with E-state index in [1.165, 1.54) is 0 Å². The zero-order chi connectivity index (χ0) is 18.6. The van der Waals surface area contributed by atoms with Gasteiger partial charge >= 0.3 is 0 Å². The van der Waals surface area contributed by atoms with Crippen molar-refractivity contribution in [2.45, 2.75) is 43.8 Å². The monoisotopic (exact) mass is 361 g/mol. The van der Waals surface area contributed by atoms with E-state index in [1.54, 1.807) is 24.3 Å². The van der Waals surface area contributed by atoms with Gasteiger partial charge in [0.25, 0.3) is 0 Å². The Kier molecular flexibility index (Phi) is 5.90. The van der Waals surface area contributed by atoms with Gasteiger partial charge in [0.15, 0.2) is 0 Å². The number of primary amides is 1. The highest BCUT2D eigenvalue weighted by Crippen LogP contribution is 2.35. The van der Waals surface area contributed by atoms with Crippen LogP contribution in [-0.2, 0) is 9.53 Å². The quantitative estimate of drug-likeness (QED) is 0.729. The maximum absolute atomic E-state index is 12.1. The average Bonchev–Trinajstić information content (AvgIpc) is 2.64. The summed E-state index contributed by atoms with van der Waals surface area (Å²) in [4.78, 5) is 25.4. The maximum atomic E-state index is 12.1. The lowest BCUT2D eigenvalue weighted by Gasteiger charge is -2.46. The van der Waals surface area contributed by atoms with E-state index in [1.807, 2.05) is 0 Å². The fourth-order valence-electron chi connectivity index (χ4n) is 3.75. The number of carbonyl (C=O) groups is 2. The summed E-state index contributed by atoms with van der Waals surface area (Å²) >= 11 is 0. The summed E-state index contributed by atoms with van der Waals surface area (Å²) in [5.74, 6) is -0.552. The Morgan fingerprint density at radius 1 is 1.27 bits per heavy atom. The van der Waals surface area contributed by atoms with Crippen molar-refractivity contribution < 1.29 is 19.4 Å². The molecule has 2 heterocycles. The predicted molar refractivity (Wildman–Crippen MR) is 97.8 cm³/mol. The lowest BCUT2D eigenvalue weighted by Crippen LogP contribution is -2.55. The van der Waals surface area contributed by atoms with Crippen molar-refractivity contribution in [1.29, 1.82) is 0 Å². The number of likely N-dealkylation sites (tertiary alicyclic amines) is 1. The van der Waals surface area contributed by atoms with Crippen molar-refractivity contribution in [3.05, 3.63) is 29.8 Å². The van der Waals surface area contributed by atoms with E-state index in [4.69, 9.17) is 10.5 Å². The minimum atomic E-state index is -0.488. The molecule has 0 radical (unpaired) electrons. The first-order chi connectivity index (χ1) is 12.5. The van der Waals surface area contributed by atoms with E-state index >= 15 is 0 Å². The molecule has 0 aliphatic carbocycles. The Morgan fingerprint density at radius 3 is 2.58 bits per heavy atom. The second-order valence-electron chi connectivity index (χ2n) is 7.15. The van der Waals surface area contributed by atoms with Crippen LogP contribution in [0.5, 0.6) is 0 Å². The Labute approximate surface area is 153 Å². The molecular weight excluding hydrogens is 334 g/mol. The van der Waals surface area contributed by atoms with E-state index in [0.717, 1.165) is 45.4 Å². The molecule has 7 heteroatoms. The molecule has 1 spiro atoms. The standard InChI is InChI=1S/C19H27N3O4/c20-18(25)14-3-5-15(6-4-14)21-17(24)7-10-22-11-8-19(9-12-22)16(23)2-1-13-26-19/h3-6,16,23H,1-2,7-13H2,(H2,20,25)(H,21,24). The van der Waals surface area contributed by atoms with Crippen LogP contribution in [0.1, 0.15) is 42.5 Å². The first-order valence-corrected chi connectivity index (χ1v) is 9.23. The third-order valence-corrected chi connectivity index (χ3v) is 5.43. The molecule has 7 nitrogen and oxygen atoms in total. The SMILES string of the molecule is NC(=O)c1ccc(NC(=O)CCN2CCC3(CC2)OCCCC3O)cc1. The fourth-order valence-corrected chi connectivity index (χ4v) is 3.75. The Bertz CT molecular complexity index is 639. The van der Waals surface area contributed by atoms with Crippen molar-refractivity contribution >= 4 is 17.5 Å². The van der Waals surface area contributed by atoms with Gasteiger partial charge in [0.1, 0.15) is 0 Å². The molecule has 1 aromatic rings. The Hall–Kier alpha value is -1.96. The molecule has 1 aromatic carbocycles. The van der Waals surface area contributed by atoms with E-state index in [0.29, 0.717) is 24.2 Å². The Morgan fingerprint density at radius 2 is 1.96 bits per heavy atom. The number of nitrogens with zero attached hydrogens (tertiary/aromatic N) is 1. The van der Waals surface area contributed by atoms with Crippen LogP contribution in [0.15, 0.2) is 24.3 Å². The second kappa shape index (κ2) is 8.16. The van der Waals surface area contributed by atoms with Gasteiger partial charge in [-0.3, -0.25) is 9.59 Å². The molecule has 2 saturated heterocycles. The third kappa shape index (κ3) is 4.41. The molecule has 0 saturated carbocycles. The number of nitrogens with two attached hydrogens (primary N) is 1. The van der Waals surface area contributed by atoms with Crippen molar-refractivity contribution in [3.63, 3.8) is 0 Å². The number of anilines is 1. The minimum absolute atomic E-state index is 0.0638. The largest absolute Gasteiger partial charge is 0.390 e. The third-order valence-electron chi connectivity index (χ3n) is 5.43. The highest BCUT2D eigenvalue weighted by Gasteiger charge is 2.43. The van der Waals surface area contributed by atoms with E-state index in [-0.39, 0.29) is 17.6 Å². The molecule has 0 bridgehead atoms. The second-order valence-corrected chi connectivity index (χ2v) is 7.15. The molecule has 1 unspecified atom stereocenters. The number of hydrogen-bond donors (Lipinski definition) is 3. The summed E-state index contributed by atoms with van der Waals surface area (Å²) in [7, 11) is 0. The van der Waals surface area contributed by atoms with Crippen molar-refractivity contribution in [2.75, 3.05) is 31.6 Å². The Balaban J connectivity index is 1.42. The van der Waals surface area contributed by atoms with E-state index in [2.05, 4.69) is 10.2 Å². The van der Waals surface area contributed by atoms with Gasteiger partial charge in [0, 0.05) is 43.9 Å². The molecule has 2 amide bonds. The number of amides is 2. The predicted octanol–water partition coefficient (Wildman–Crippen LogP) is 1.12.